The van der Waals surface area contributed by atoms with Crippen molar-refractivity contribution in [2.45, 2.75) is 50.9 Å². The molecule has 0 aliphatic heterocycles. The van der Waals surface area contributed by atoms with Crippen LogP contribution in [-0.4, -0.2) is 24.4 Å². The lowest BCUT2D eigenvalue weighted by molar-refractivity contribution is 0.0298. The molecule has 2 unspecified atom stereocenters. The lowest BCUT2D eigenvalue weighted by Crippen LogP contribution is -2.30. The first-order valence-corrected chi connectivity index (χ1v) is 6.98. The molecule has 1 fully saturated rings. The van der Waals surface area contributed by atoms with Gasteiger partial charge in [0.2, 0.25) is 0 Å². The Morgan fingerprint density at radius 2 is 2.11 bits per heavy atom. The molecule has 19 heavy (non-hydrogen) atoms. The number of aliphatic hydroxyl groups is 1. The summed E-state index contributed by atoms with van der Waals surface area (Å²) in [4.78, 5) is 0. The molecule has 0 spiro atoms. The summed E-state index contributed by atoms with van der Waals surface area (Å²) >= 11 is 0. The molecule has 3 nitrogen and oxygen atoms in total. The van der Waals surface area contributed by atoms with Gasteiger partial charge in [0.1, 0.15) is 6.10 Å². The Balaban J connectivity index is 2.05. The monoisotopic (exact) mass is 267 g/mol. The highest BCUT2D eigenvalue weighted by atomic mass is 19.1. The molecule has 0 bridgehead atoms. The van der Waals surface area contributed by atoms with Crippen molar-refractivity contribution in [1.29, 1.82) is 0 Å². The van der Waals surface area contributed by atoms with Crippen LogP contribution in [0.4, 0.5) is 4.39 Å². The smallest absolute Gasteiger partial charge is 0.165 e. The molecule has 0 heterocycles. The van der Waals surface area contributed by atoms with Gasteiger partial charge in [-0.3, -0.25) is 0 Å². The van der Waals surface area contributed by atoms with Crippen molar-refractivity contribution < 1.29 is 14.2 Å². The fourth-order valence-electron chi connectivity index (χ4n) is 2.51. The Labute approximate surface area is 113 Å². The minimum Gasteiger partial charge on any atom is -0.485 e. The summed E-state index contributed by atoms with van der Waals surface area (Å²) in [5.41, 5.74) is 0.883. The predicted molar refractivity (Wildman–Crippen MR) is 72.7 cm³/mol. The van der Waals surface area contributed by atoms with Crippen LogP contribution < -0.4 is 10.1 Å². The summed E-state index contributed by atoms with van der Waals surface area (Å²) in [6.45, 7) is 0.628. The van der Waals surface area contributed by atoms with E-state index in [9.17, 15) is 9.50 Å². The largest absolute Gasteiger partial charge is 0.485 e. The third-order valence-electron chi connectivity index (χ3n) is 3.57. The van der Waals surface area contributed by atoms with Crippen LogP contribution in [0.25, 0.3) is 0 Å². The van der Waals surface area contributed by atoms with E-state index >= 15 is 0 Å². The van der Waals surface area contributed by atoms with Crippen LogP contribution in [0.2, 0.25) is 0 Å². The number of rotatable bonds is 4. The zero-order valence-electron chi connectivity index (χ0n) is 11.4. The van der Waals surface area contributed by atoms with Crippen molar-refractivity contribution in [2.75, 3.05) is 7.05 Å². The second-order valence-corrected chi connectivity index (χ2v) is 5.16. The highest BCUT2D eigenvalue weighted by Gasteiger charge is 2.24. The molecule has 0 radical (unpaired) electrons. The number of hydrogen-bond donors (Lipinski definition) is 2. The van der Waals surface area contributed by atoms with Crippen LogP contribution in [0.15, 0.2) is 18.2 Å². The zero-order valence-corrected chi connectivity index (χ0v) is 11.4. The fourth-order valence-corrected chi connectivity index (χ4v) is 2.51. The standard InChI is InChI=1S/C15H22FNO2/c1-17-10-11-7-8-14(12(16)9-11)19-15-6-4-2-3-5-13(15)18/h7-9,13,15,17-18H,2-6,10H2,1H3. The van der Waals surface area contributed by atoms with Crippen molar-refractivity contribution in [3.8, 4) is 5.75 Å². The number of aliphatic hydroxyl groups excluding tert-OH is 1. The van der Waals surface area contributed by atoms with Gasteiger partial charge >= 0.3 is 0 Å². The number of halogens is 1. The maximum Gasteiger partial charge on any atom is 0.165 e. The van der Waals surface area contributed by atoms with E-state index in [0.717, 1.165) is 37.7 Å². The van der Waals surface area contributed by atoms with Gasteiger partial charge in [-0.1, -0.05) is 18.9 Å². The van der Waals surface area contributed by atoms with Gasteiger partial charge in [0, 0.05) is 6.54 Å². The maximum atomic E-state index is 13.9. The van der Waals surface area contributed by atoms with E-state index in [-0.39, 0.29) is 17.7 Å². The first kappa shape index (κ1) is 14.3. The fraction of sp³-hybridized carbons (Fsp3) is 0.600. The van der Waals surface area contributed by atoms with Crippen LogP contribution >= 0.6 is 0 Å². The van der Waals surface area contributed by atoms with E-state index in [4.69, 9.17) is 4.74 Å². The summed E-state index contributed by atoms with van der Waals surface area (Å²) in [6.07, 6.45) is 3.92. The molecule has 0 saturated heterocycles. The highest BCUT2D eigenvalue weighted by Crippen LogP contribution is 2.25. The summed E-state index contributed by atoms with van der Waals surface area (Å²) in [7, 11) is 1.82. The van der Waals surface area contributed by atoms with Gasteiger partial charge in [-0.05, 0) is 44.0 Å². The zero-order chi connectivity index (χ0) is 13.7. The molecule has 106 valence electrons. The van der Waals surface area contributed by atoms with Gasteiger partial charge in [-0.15, -0.1) is 0 Å². The number of ether oxygens (including phenoxy) is 1. The molecule has 4 heteroatoms. The highest BCUT2D eigenvalue weighted by molar-refractivity contribution is 5.29. The summed E-state index contributed by atoms with van der Waals surface area (Å²) in [6, 6.07) is 4.98. The van der Waals surface area contributed by atoms with Crippen molar-refractivity contribution in [1.82, 2.24) is 5.32 Å². The number of nitrogens with one attached hydrogen (secondary N) is 1. The van der Waals surface area contributed by atoms with Gasteiger partial charge in [-0.25, -0.2) is 4.39 Å². The molecule has 2 rings (SSSR count). The number of hydrogen-bond acceptors (Lipinski definition) is 3. The molecule has 2 atom stereocenters. The first-order chi connectivity index (χ1) is 9.20. The number of benzene rings is 1. The second kappa shape index (κ2) is 6.87. The lowest BCUT2D eigenvalue weighted by Gasteiger charge is -2.22. The van der Waals surface area contributed by atoms with Gasteiger partial charge in [0.05, 0.1) is 6.10 Å². The van der Waals surface area contributed by atoms with E-state index in [2.05, 4.69) is 5.32 Å². The molecular weight excluding hydrogens is 245 g/mol. The molecule has 1 aromatic rings. The van der Waals surface area contributed by atoms with Crippen LogP contribution in [0.5, 0.6) is 5.75 Å². The Hall–Kier alpha value is -1.13. The van der Waals surface area contributed by atoms with E-state index in [1.807, 2.05) is 13.1 Å². The van der Waals surface area contributed by atoms with Crippen LogP contribution in [0.3, 0.4) is 0 Å². The maximum absolute atomic E-state index is 13.9. The van der Waals surface area contributed by atoms with Gasteiger partial charge in [0.25, 0.3) is 0 Å². The van der Waals surface area contributed by atoms with Crippen LogP contribution in [0, 0.1) is 5.82 Å². The summed E-state index contributed by atoms with van der Waals surface area (Å²) in [5.74, 6) is -0.116. The normalized spacial score (nSPS) is 23.9. The average Bonchev–Trinajstić information content (AvgIpc) is 2.58. The molecule has 1 aromatic carbocycles. The molecule has 0 aromatic heterocycles. The molecule has 1 saturated carbocycles. The van der Waals surface area contributed by atoms with Crippen molar-refractivity contribution in [3.05, 3.63) is 29.6 Å². The van der Waals surface area contributed by atoms with E-state index in [0.29, 0.717) is 6.54 Å². The molecule has 2 N–H and O–H groups in total. The molecule has 1 aliphatic rings. The lowest BCUT2D eigenvalue weighted by atomic mass is 10.1. The van der Waals surface area contributed by atoms with Gasteiger partial charge in [-0.2, -0.15) is 0 Å². The summed E-state index contributed by atoms with van der Waals surface area (Å²) < 4.78 is 19.6. The van der Waals surface area contributed by atoms with E-state index in [1.165, 1.54) is 6.07 Å². The molecular formula is C15H22FNO2. The van der Waals surface area contributed by atoms with Crippen molar-refractivity contribution in [3.63, 3.8) is 0 Å². The first-order valence-electron chi connectivity index (χ1n) is 6.98. The topological polar surface area (TPSA) is 41.5 Å². The Morgan fingerprint density at radius 3 is 2.84 bits per heavy atom. The van der Waals surface area contributed by atoms with Crippen LogP contribution in [0.1, 0.15) is 37.7 Å². The Bertz CT molecular complexity index is 411. The third kappa shape index (κ3) is 3.91. The van der Waals surface area contributed by atoms with Crippen LogP contribution in [-0.2, 0) is 6.54 Å². The van der Waals surface area contributed by atoms with E-state index in [1.54, 1.807) is 6.07 Å². The van der Waals surface area contributed by atoms with E-state index < -0.39 is 6.10 Å². The average molecular weight is 267 g/mol. The summed E-state index contributed by atoms with van der Waals surface area (Å²) in [5, 5.41) is 13.0. The quantitative estimate of drug-likeness (QED) is 0.824. The predicted octanol–water partition coefficient (Wildman–Crippen LogP) is 2.62. The molecule has 0 amide bonds. The Morgan fingerprint density at radius 1 is 1.32 bits per heavy atom. The minimum absolute atomic E-state index is 0.241. The van der Waals surface area contributed by atoms with Crippen molar-refractivity contribution >= 4 is 0 Å². The van der Waals surface area contributed by atoms with Crippen molar-refractivity contribution in [2.24, 2.45) is 0 Å². The van der Waals surface area contributed by atoms with Gasteiger partial charge in [0.15, 0.2) is 11.6 Å². The van der Waals surface area contributed by atoms with Gasteiger partial charge < -0.3 is 15.2 Å². The molecule has 1 aliphatic carbocycles. The Kier molecular flexibility index (Phi) is 5.16. The second-order valence-electron chi connectivity index (χ2n) is 5.16. The SMILES string of the molecule is CNCc1ccc(OC2CCCCCC2O)c(F)c1. The third-order valence-corrected chi connectivity index (χ3v) is 3.57. The minimum atomic E-state index is -0.487.